The molecule has 3 rings (SSSR count). The molecular weight excluding hydrogens is 354 g/mol. The molecular formula is C22H21N3OS. The fraction of sp³-hybridized carbons (Fsp3) is 0.227. The number of aromatic nitrogens is 2. The minimum absolute atomic E-state index is 0.0483. The predicted octanol–water partition coefficient (Wildman–Crippen LogP) is 5.03. The van der Waals surface area contributed by atoms with Crippen molar-refractivity contribution in [2.75, 3.05) is 0 Å². The normalized spacial score (nSPS) is 10.8. The second-order valence-electron chi connectivity index (χ2n) is 6.76. The number of hydrogen-bond acceptors (Lipinski definition) is 4. The largest absolute Gasteiger partial charge is 0.300 e. The van der Waals surface area contributed by atoms with E-state index in [0.29, 0.717) is 22.5 Å². The summed E-state index contributed by atoms with van der Waals surface area (Å²) in [5.74, 6) is 1.12. The maximum absolute atomic E-state index is 12.4. The Balaban J connectivity index is 1.93. The first-order valence-electron chi connectivity index (χ1n) is 8.81. The van der Waals surface area contributed by atoms with Crippen LogP contribution in [0.15, 0.2) is 58.5 Å². The lowest BCUT2D eigenvalue weighted by molar-refractivity contribution is 0.866. The van der Waals surface area contributed by atoms with Gasteiger partial charge in [-0.3, -0.25) is 4.79 Å². The summed E-state index contributed by atoms with van der Waals surface area (Å²) in [5.41, 5.74) is 4.42. The molecule has 0 amide bonds. The summed E-state index contributed by atoms with van der Waals surface area (Å²) in [7, 11) is 0. The Bertz CT molecular complexity index is 1050. The molecule has 0 radical (unpaired) electrons. The van der Waals surface area contributed by atoms with Crippen LogP contribution < -0.4 is 5.56 Å². The van der Waals surface area contributed by atoms with Gasteiger partial charge in [-0.2, -0.15) is 5.26 Å². The van der Waals surface area contributed by atoms with E-state index in [0.717, 1.165) is 11.1 Å². The van der Waals surface area contributed by atoms with Crippen molar-refractivity contribution < 1.29 is 0 Å². The maximum Gasteiger partial charge on any atom is 0.270 e. The first-order chi connectivity index (χ1) is 13.0. The lowest BCUT2D eigenvalue weighted by Gasteiger charge is -2.09. The first kappa shape index (κ1) is 18.9. The number of thioether (sulfide) groups is 1. The van der Waals surface area contributed by atoms with Crippen LogP contribution in [0.2, 0.25) is 0 Å². The smallest absolute Gasteiger partial charge is 0.270 e. The van der Waals surface area contributed by atoms with E-state index in [2.05, 4.69) is 42.9 Å². The van der Waals surface area contributed by atoms with E-state index in [9.17, 15) is 10.1 Å². The molecule has 136 valence electrons. The summed E-state index contributed by atoms with van der Waals surface area (Å²) in [6.45, 7) is 6.30. The summed E-state index contributed by atoms with van der Waals surface area (Å²) in [4.78, 5) is 19.7. The molecule has 0 saturated heterocycles. The van der Waals surface area contributed by atoms with Crippen molar-refractivity contribution in [1.29, 1.82) is 5.26 Å². The van der Waals surface area contributed by atoms with Crippen LogP contribution in [0.25, 0.3) is 11.3 Å². The lowest BCUT2D eigenvalue weighted by Crippen LogP contribution is -2.14. The summed E-state index contributed by atoms with van der Waals surface area (Å²) in [6.07, 6.45) is 0. The number of nitriles is 1. The van der Waals surface area contributed by atoms with Crippen molar-refractivity contribution in [2.24, 2.45) is 0 Å². The van der Waals surface area contributed by atoms with E-state index >= 15 is 0 Å². The minimum Gasteiger partial charge on any atom is -0.300 e. The molecule has 0 unspecified atom stereocenters. The van der Waals surface area contributed by atoms with Crippen molar-refractivity contribution in [1.82, 2.24) is 9.97 Å². The molecule has 27 heavy (non-hydrogen) atoms. The number of nitrogens with one attached hydrogen (secondary N) is 1. The monoisotopic (exact) mass is 375 g/mol. The van der Waals surface area contributed by atoms with Gasteiger partial charge in [0.1, 0.15) is 11.6 Å². The van der Waals surface area contributed by atoms with Gasteiger partial charge in [0.25, 0.3) is 5.56 Å². The van der Waals surface area contributed by atoms with E-state index in [1.54, 1.807) is 0 Å². The van der Waals surface area contributed by atoms with E-state index in [-0.39, 0.29) is 5.56 Å². The topological polar surface area (TPSA) is 69.5 Å². The molecule has 1 heterocycles. The SMILES string of the molecule is Cc1cccc(CSc2nc(-c3ccc(C(C)C)cc3)c(C#N)c(=O)[nH]2)c1. The molecule has 0 saturated carbocycles. The molecule has 1 aromatic heterocycles. The van der Waals surface area contributed by atoms with Crippen molar-refractivity contribution in [3.63, 3.8) is 0 Å². The molecule has 5 heteroatoms. The van der Waals surface area contributed by atoms with Crippen molar-refractivity contribution in [2.45, 2.75) is 37.6 Å². The fourth-order valence-corrected chi connectivity index (χ4v) is 3.62. The third kappa shape index (κ3) is 4.47. The van der Waals surface area contributed by atoms with Crippen LogP contribution in [0.4, 0.5) is 0 Å². The molecule has 0 atom stereocenters. The molecule has 0 aliphatic rings. The van der Waals surface area contributed by atoms with Crippen LogP contribution >= 0.6 is 11.8 Å². The van der Waals surface area contributed by atoms with Crippen LogP contribution in [-0.4, -0.2) is 9.97 Å². The number of nitrogens with zero attached hydrogens (tertiary/aromatic N) is 2. The molecule has 4 nitrogen and oxygen atoms in total. The average Bonchev–Trinajstić information content (AvgIpc) is 2.66. The molecule has 3 aromatic rings. The van der Waals surface area contributed by atoms with Gasteiger partial charge >= 0.3 is 0 Å². The predicted molar refractivity (Wildman–Crippen MR) is 110 cm³/mol. The van der Waals surface area contributed by atoms with Gasteiger partial charge in [0, 0.05) is 11.3 Å². The molecule has 0 aliphatic heterocycles. The van der Waals surface area contributed by atoms with E-state index in [1.165, 1.54) is 22.9 Å². The zero-order chi connectivity index (χ0) is 19.4. The van der Waals surface area contributed by atoms with Gasteiger partial charge in [-0.1, -0.05) is 79.7 Å². The van der Waals surface area contributed by atoms with Crippen LogP contribution in [0.1, 0.15) is 42.0 Å². The molecule has 0 spiro atoms. The van der Waals surface area contributed by atoms with Gasteiger partial charge in [-0.05, 0) is 24.0 Å². The third-order valence-corrected chi connectivity index (χ3v) is 5.26. The van der Waals surface area contributed by atoms with Gasteiger partial charge in [0.05, 0.1) is 5.69 Å². The Morgan fingerprint density at radius 1 is 1.19 bits per heavy atom. The number of rotatable bonds is 5. The van der Waals surface area contributed by atoms with Crippen molar-refractivity contribution in [3.05, 3.63) is 81.1 Å². The quantitative estimate of drug-likeness (QED) is 0.501. The zero-order valence-electron chi connectivity index (χ0n) is 15.6. The maximum atomic E-state index is 12.4. The molecule has 0 fully saturated rings. The molecule has 0 bridgehead atoms. The highest BCUT2D eigenvalue weighted by Gasteiger charge is 2.14. The highest BCUT2D eigenvalue weighted by molar-refractivity contribution is 7.98. The molecule has 1 N–H and O–H groups in total. The van der Waals surface area contributed by atoms with Gasteiger partial charge < -0.3 is 4.98 Å². The van der Waals surface area contributed by atoms with E-state index < -0.39 is 5.56 Å². The van der Waals surface area contributed by atoms with Gasteiger partial charge in [-0.25, -0.2) is 4.98 Å². The van der Waals surface area contributed by atoms with Crippen molar-refractivity contribution in [3.8, 4) is 17.3 Å². The number of hydrogen-bond donors (Lipinski definition) is 1. The highest BCUT2D eigenvalue weighted by Crippen LogP contribution is 2.25. The number of aromatic amines is 1. The number of benzene rings is 2. The Labute approximate surface area is 163 Å². The molecule has 0 aliphatic carbocycles. The lowest BCUT2D eigenvalue weighted by atomic mass is 10.00. The second kappa shape index (κ2) is 8.24. The van der Waals surface area contributed by atoms with Crippen molar-refractivity contribution >= 4 is 11.8 Å². The first-order valence-corrected chi connectivity index (χ1v) is 9.79. The Kier molecular flexibility index (Phi) is 5.78. The summed E-state index contributed by atoms with van der Waals surface area (Å²) < 4.78 is 0. The third-order valence-electron chi connectivity index (χ3n) is 4.32. The van der Waals surface area contributed by atoms with Crippen LogP contribution in [0.5, 0.6) is 0 Å². The minimum atomic E-state index is -0.401. The van der Waals surface area contributed by atoms with E-state index in [4.69, 9.17) is 0 Å². The Morgan fingerprint density at radius 3 is 2.56 bits per heavy atom. The summed E-state index contributed by atoms with van der Waals surface area (Å²) >= 11 is 1.46. The van der Waals surface area contributed by atoms with Crippen LogP contribution in [0.3, 0.4) is 0 Å². The zero-order valence-corrected chi connectivity index (χ0v) is 16.4. The highest BCUT2D eigenvalue weighted by atomic mass is 32.2. The summed E-state index contributed by atoms with van der Waals surface area (Å²) in [6, 6.07) is 18.1. The number of aryl methyl sites for hydroxylation is 1. The summed E-state index contributed by atoms with van der Waals surface area (Å²) in [5, 5.41) is 9.93. The fourth-order valence-electron chi connectivity index (χ4n) is 2.81. The van der Waals surface area contributed by atoms with E-state index in [1.807, 2.05) is 42.5 Å². The van der Waals surface area contributed by atoms with Gasteiger partial charge in [0.2, 0.25) is 0 Å². The molecule has 2 aromatic carbocycles. The van der Waals surface area contributed by atoms with Crippen LogP contribution in [0, 0.1) is 18.3 Å². The Morgan fingerprint density at radius 2 is 1.93 bits per heavy atom. The Hall–Kier alpha value is -2.84. The van der Waals surface area contributed by atoms with Gasteiger partial charge in [-0.15, -0.1) is 0 Å². The number of H-pyrrole nitrogens is 1. The second-order valence-corrected chi connectivity index (χ2v) is 7.72. The van der Waals surface area contributed by atoms with Gasteiger partial charge in [0.15, 0.2) is 5.16 Å². The average molecular weight is 375 g/mol. The standard InChI is InChI=1S/C22H21N3OS/c1-14(2)17-7-9-18(10-8-17)20-19(12-23)21(26)25-22(24-20)27-13-16-6-4-5-15(3)11-16/h4-11,14H,13H2,1-3H3,(H,24,25,26). The van der Waals surface area contributed by atoms with Crippen LogP contribution in [-0.2, 0) is 5.75 Å².